The lowest BCUT2D eigenvalue weighted by molar-refractivity contribution is -0.116. The van der Waals surface area contributed by atoms with E-state index in [2.05, 4.69) is 31.7 Å². The highest BCUT2D eigenvalue weighted by molar-refractivity contribution is 5.91. The summed E-state index contributed by atoms with van der Waals surface area (Å²) in [5.74, 6) is -0.0965. The zero-order valence-corrected chi connectivity index (χ0v) is 17.8. The predicted molar refractivity (Wildman–Crippen MR) is 121 cm³/mol. The fourth-order valence-corrected chi connectivity index (χ4v) is 3.44. The lowest BCUT2D eigenvalue weighted by Gasteiger charge is -2.11. The second kappa shape index (κ2) is 9.18. The Balaban J connectivity index is 1.38. The van der Waals surface area contributed by atoms with Gasteiger partial charge in [-0.2, -0.15) is 20.6 Å². The van der Waals surface area contributed by atoms with Crippen LogP contribution in [0.15, 0.2) is 71.0 Å². The van der Waals surface area contributed by atoms with Gasteiger partial charge in [0.1, 0.15) is 11.6 Å². The van der Waals surface area contributed by atoms with Crippen LogP contribution in [0.1, 0.15) is 28.9 Å². The molecule has 0 radical (unpaired) electrons. The number of anilines is 1. The molecule has 32 heavy (non-hydrogen) atoms. The smallest absolute Gasteiger partial charge is 0.224 e. The number of nitriles is 1. The monoisotopic (exact) mass is 423 g/mol. The van der Waals surface area contributed by atoms with E-state index in [0.29, 0.717) is 35.4 Å². The number of aromatic nitrogens is 3. The fraction of sp³-hybridized carbons (Fsp3) is 0.167. The average Bonchev–Trinajstić information content (AvgIpc) is 3.22. The van der Waals surface area contributed by atoms with Gasteiger partial charge in [0.25, 0.3) is 0 Å². The van der Waals surface area contributed by atoms with Crippen molar-refractivity contribution >= 4 is 28.6 Å². The van der Waals surface area contributed by atoms with Crippen LogP contribution in [0.2, 0.25) is 0 Å². The van der Waals surface area contributed by atoms with Crippen LogP contribution < -0.4 is 5.32 Å². The second-order valence-electron chi connectivity index (χ2n) is 7.30. The summed E-state index contributed by atoms with van der Waals surface area (Å²) >= 11 is 0. The van der Waals surface area contributed by atoms with Crippen LogP contribution in [0, 0.1) is 25.2 Å². The number of azo groups is 1. The van der Waals surface area contributed by atoms with E-state index in [-0.39, 0.29) is 5.91 Å². The lowest BCUT2D eigenvalue weighted by atomic mass is 10.1. The number of fused-ring (bicyclic) bond motifs is 1. The first-order chi connectivity index (χ1) is 15.5. The van der Waals surface area contributed by atoms with Crippen molar-refractivity contribution < 1.29 is 4.79 Å². The molecule has 0 saturated carbocycles. The predicted octanol–water partition coefficient (Wildman–Crippen LogP) is 5.20. The van der Waals surface area contributed by atoms with E-state index in [1.54, 1.807) is 28.8 Å². The molecule has 8 nitrogen and oxygen atoms in total. The molecule has 1 N–H and O–H groups in total. The Hall–Kier alpha value is -4.38. The van der Waals surface area contributed by atoms with Crippen LogP contribution in [-0.2, 0) is 11.2 Å². The molecule has 0 spiro atoms. The number of amides is 1. The van der Waals surface area contributed by atoms with E-state index in [9.17, 15) is 10.1 Å². The molecular formula is C24H21N7O. The molecule has 0 atom stereocenters. The molecule has 158 valence electrons. The molecule has 1 amide bonds. The number of hydrogen-bond acceptors (Lipinski definition) is 6. The van der Waals surface area contributed by atoms with Gasteiger partial charge < -0.3 is 5.32 Å². The van der Waals surface area contributed by atoms with E-state index in [1.807, 2.05) is 44.2 Å². The third-order valence-electron chi connectivity index (χ3n) is 5.12. The maximum absolute atomic E-state index is 12.5. The van der Waals surface area contributed by atoms with Gasteiger partial charge in [0.05, 0.1) is 17.6 Å². The zero-order chi connectivity index (χ0) is 22.5. The molecule has 0 bridgehead atoms. The van der Waals surface area contributed by atoms with Gasteiger partial charge in [-0.3, -0.25) is 4.79 Å². The molecule has 2 aromatic heterocycles. The summed E-state index contributed by atoms with van der Waals surface area (Å²) in [6.45, 7) is 3.81. The van der Waals surface area contributed by atoms with Crippen LogP contribution in [-0.4, -0.2) is 20.5 Å². The van der Waals surface area contributed by atoms with Crippen molar-refractivity contribution in [3.63, 3.8) is 0 Å². The Labute approximate surface area is 185 Å². The maximum Gasteiger partial charge on any atom is 0.224 e. The minimum atomic E-state index is -0.0965. The fourth-order valence-electron chi connectivity index (χ4n) is 3.44. The van der Waals surface area contributed by atoms with Gasteiger partial charge in [-0.05, 0) is 62.2 Å². The van der Waals surface area contributed by atoms with Crippen LogP contribution >= 0.6 is 0 Å². The molecule has 2 heterocycles. The van der Waals surface area contributed by atoms with E-state index in [1.165, 1.54) is 6.20 Å². The quantitative estimate of drug-likeness (QED) is 0.430. The second-order valence-corrected chi connectivity index (χ2v) is 7.30. The largest absolute Gasteiger partial charge is 0.326 e. The number of nitrogens with one attached hydrogen (secondary N) is 1. The Morgan fingerprint density at radius 2 is 1.75 bits per heavy atom. The summed E-state index contributed by atoms with van der Waals surface area (Å²) in [5, 5.41) is 24.7. The summed E-state index contributed by atoms with van der Waals surface area (Å²) in [6, 6.07) is 18.8. The molecule has 4 rings (SSSR count). The summed E-state index contributed by atoms with van der Waals surface area (Å²) in [4.78, 5) is 17.0. The molecule has 4 aromatic rings. The topological polar surface area (TPSA) is 108 Å². The highest BCUT2D eigenvalue weighted by atomic mass is 16.1. The molecule has 0 aliphatic carbocycles. The van der Waals surface area contributed by atoms with Gasteiger partial charge >= 0.3 is 0 Å². The summed E-state index contributed by atoms with van der Waals surface area (Å²) in [7, 11) is 0. The molecule has 8 heteroatoms. The lowest BCUT2D eigenvalue weighted by Crippen LogP contribution is -2.14. The van der Waals surface area contributed by atoms with Crippen LogP contribution in [0.5, 0.6) is 0 Å². The van der Waals surface area contributed by atoms with Gasteiger partial charge in [0.2, 0.25) is 5.91 Å². The van der Waals surface area contributed by atoms with E-state index in [0.717, 1.165) is 22.6 Å². The first kappa shape index (κ1) is 20.9. The molecule has 0 fully saturated rings. The van der Waals surface area contributed by atoms with Crippen LogP contribution in [0.4, 0.5) is 17.1 Å². The van der Waals surface area contributed by atoms with E-state index >= 15 is 0 Å². The van der Waals surface area contributed by atoms with Crippen molar-refractivity contribution in [2.45, 2.75) is 26.7 Å². The average molecular weight is 423 g/mol. The number of aryl methyl sites for hydroxylation is 2. The van der Waals surface area contributed by atoms with Gasteiger partial charge in [0.15, 0.2) is 5.65 Å². The molecular weight excluding hydrogens is 402 g/mol. The minimum Gasteiger partial charge on any atom is -0.326 e. The van der Waals surface area contributed by atoms with Gasteiger partial charge in [-0.15, -0.1) is 0 Å². The highest BCUT2D eigenvalue weighted by Gasteiger charge is 2.14. The minimum absolute atomic E-state index is 0.0965. The molecule has 0 unspecified atom stereocenters. The summed E-state index contributed by atoms with van der Waals surface area (Å²) < 4.78 is 1.65. The normalized spacial score (nSPS) is 11.0. The Morgan fingerprint density at radius 1 is 1.06 bits per heavy atom. The number of hydrogen-bond donors (Lipinski definition) is 1. The van der Waals surface area contributed by atoms with Crippen molar-refractivity contribution in [3.05, 3.63) is 83.3 Å². The third kappa shape index (κ3) is 4.52. The molecule has 0 aliphatic heterocycles. The van der Waals surface area contributed by atoms with Crippen molar-refractivity contribution in [1.29, 1.82) is 5.26 Å². The van der Waals surface area contributed by atoms with Gasteiger partial charge in [-0.25, -0.2) is 9.50 Å². The van der Waals surface area contributed by atoms with Crippen LogP contribution in [0.25, 0.3) is 5.65 Å². The van der Waals surface area contributed by atoms with Crippen molar-refractivity contribution in [1.82, 2.24) is 14.6 Å². The Bertz CT molecular complexity index is 1330. The molecule has 2 aromatic carbocycles. The SMILES string of the molecule is Cc1nc2c(C#N)cnn2c(C)c1CCC(=O)Nc1ccc(N=Nc2ccccc2)cc1. The Kier molecular flexibility index (Phi) is 5.99. The highest BCUT2D eigenvalue weighted by Crippen LogP contribution is 2.21. The van der Waals surface area contributed by atoms with E-state index in [4.69, 9.17) is 0 Å². The number of carbonyl (C=O) groups excluding carboxylic acids is 1. The number of carbonyl (C=O) groups is 1. The first-order valence-electron chi connectivity index (χ1n) is 10.2. The zero-order valence-electron chi connectivity index (χ0n) is 17.8. The van der Waals surface area contributed by atoms with E-state index < -0.39 is 0 Å². The Morgan fingerprint density at radius 3 is 2.44 bits per heavy atom. The van der Waals surface area contributed by atoms with Gasteiger partial charge in [0, 0.05) is 23.5 Å². The van der Waals surface area contributed by atoms with Crippen molar-refractivity contribution in [3.8, 4) is 6.07 Å². The molecule has 0 saturated heterocycles. The third-order valence-corrected chi connectivity index (χ3v) is 5.12. The van der Waals surface area contributed by atoms with Crippen molar-refractivity contribution in [2.24, 2.45) is 10.2 Å². The maximum atomic E-state index is 12.5. The number of nitrogens with zero attached hydrogens (tertiary/aromatic N) is 6. The standard InChI is InChI=1S/C24H21N7O/c1-16-22(17(2)31-24(27-16)18(14-25)15-26-31)12-13-23(32)28-19-8-10-21(11-9-19)30-29-20-6-4-3-5-7-20/h3-11,15H,12-13H2,1-2H3,(H,28,32). The summed E-state index contributed by atoms with van der Waals surface area (Å²) in [5.41, 5.74) is 5.80. The number of benzene rings is 2. The molecule has 0 aliphatic rings. The van der Waals surface area contributed by atoms with Crippen molar-refractivity contribution in [2.75, 3.05) is 5.32 Å². The van der Waals surface area contributed by atoms with Gasteiger partial charge in [-0.1, -0.05) is 18.2 Å². The van der Waals surface area contributed by atoms with Crippen LogP contribution in [0.3, 0.4) is 0 Å². The number of rotatable bonds is 6. The first-order valence-corrected chi connectivity index (χ1v) is 10.2. The summed E-state index contributed by atoms with van der Waals surface area (Å²) in [6.07, 6.45) is 2.34.